The molecule has 0 radical (unpaired) electrons. The van der Waals surface area contributed by atoms with Gasteiger partial charge >= 0.3 is 25.9 Å². The third-order valence-electron chi connectivity index (χ3n) is 15.9. The van der Waals surface area contributed by atoms with Gasteiger partial charge in [0.15, 0.2) is 0 Å². The number of halogens is 8. The van der Waals surface area contributed by atoms with E-state index in [0.29, 0.717) is 108 Å². The van der Waals surface area contributed by atoms with Crippen LogP contribution in [-0.2, 0) is 70.1 Å². The zero-order valence-corrected chi connectivity index (χ0v) is 51.6. The first-order valence-corrected chi connectivity index (χ1v) is 29.2. The fourth-order valence-electron chi connectivity index (χ4n) is 11.4. The summed E-state index contributed by atoms with van der Waals surface area (Å²) in [5, 5.41) is 14.8. The molecule has 2 saturated heterocycles. The van der Waals surface area contributed by atoms with Crippen LogP contribution in [0.3, 0.4) is 0 Å². The minimum absolute atomic E-state index is 0.0272. The fraction of sp³-hybridized carbons (Fsp3) is 0.302. The van der Waals surface area contributed by atoms with E-state index >= 15 is 0 Å². The molecule has 0 aliphatic carbocycles. The highest BCUT2D eigenvalue weighted by molar-refractivity contribution is 6.31. The predicted octanol–water partition coefficient (Wildman–Crippen LogP) is 9.73. The van der Waals surface area contributed by atoms with Crippen molar-refractivity contribution in [2.75, 3.05) is 45.3 Å². The van der Waals surface area contributed by atoms with Gasteiger partial charge in [-0.2, -0.15) is 26.3 Å². The lowest BCUT2D eigenvalue weighted by Gasteiger charge is -2.36. The van der Waals surface area contributed by atoms with Crippen LogP contribution < -0.4 is 41.1 Å². The van der Waals surface area contributed by atoms with Gasteiger partial charge < -0.3 is 43.9 Å². The van der Waals surface area contributed by atoms with Crippen molar-refractivity contribution in [1.82, 2.24) is 48.3 Å². The van der Waals surface area contributed by atoms with Crippen molar-refractivity contribution in [3.63, 3.8) is 0 Å². The number of alkyl halides is 6. The van der Waals surface area contributed by atoms with Gasteiger partial charge in [0.05, 0.1) is 78.2 Å². The lowest BCUT2D eigenvalue weighted by molar-refractivity contribution is -0.0513. The van der Waals surface area contributed by atoms with E-state index in [1.54, 1.807) is 120 Å². The second-order valence-electron chi connectivity index (χ2n) is 21.3. The lowest BCUT2D eigenvalue weighted by Crippen LogP contribution is -2.52. The van der Waals surface area contributed by atoms with Crippen LogP contribution in [0, 0.1) is 0 Å². The Labute approximate surface area is 530 Å². The molecule has 2 amide bonds. The van der Waals surface area contributed by atoms with Crippen molar-refractivity contribution in [1.29, 1.82) is 0 Å². The van der Waals surface area contributed by atoms with Gasteiger partial charge in [-0.25, -0.2) is 14.8 Å². The Hall–Kier alpha value is -9.28. The summed E-state index contributed by atoms with van der Waals surface area (Å²) >= 11 is 12.1. The maximum Gasteiger partial charge on any atom is 0.387 e. The van der Waals surface area contributed by atoms with Gasteiger partial charge in [-0.15, -0.1) is 0 Å². The average molecular weight is 1320 g/mol. The van der Waals surface area contributed by atoms with Gasteiger partial charge in [-0.1, -0.05) is 65.7 Å². The number of aliphatic hydroxyl groups excluding tert-OH is 1. The second-order valence-corrected chi connectivity index (χ2v) is 22.2. The summed E-state index contributed by atoms with van der Waals surface area (Å²) in [5.41, 5.74) is 5.93. The third-order valence-corrected chi connectivity index (χ3v) is 16.4. The molecule has 4 aromatic heterocycles. The number of aliphatic hydroxyl groups is 1. The summed E-state index contributed by atoms with van der Waals surface area (Å²) < 4.78 is 111. The van der Waals surface area contributed by atoms with Crippen molar-refractivity contribution in [2.24, 2.45) is 21.1 Å². The molecule has 2 N–H and O–H groups in total. The molecule has 12 rings (SSSR count). The van der Waals surface area contributed by atoms with Gasteiger partial charge in [-0.3, -0.25) is 42.5 Å². The van der Waals surface area contributed by atoms with Gasteiger partial charge in [0, 0.05) is 106 Å². The number of anilines is 1. The van der Waals surface area contributed by atoms with E-state index in [-0.39, 0.29) is 85.5 Å². The van der Waals surface area contributed by atoms with E-state index < -0.39 is 19.8 Å². The number of amides is 2. The number of carbonyl (C=O) groups excluding carboxylic acids is 1. The number of carbonyl (C=O) groups is 1. The molecule has 10 aromatic rings. The molecule has 2 aliphatic rings. The van der Waals surface area contributed by atoms with E-state index in [0.717, 1.165) is 11.1 Å². The highest BCUT2D eigenvalue weighted by atomic mass is 35.5. The smallest absolute Gasteiger partial charge is 0.387 e. The molecule has 2 aliphatic heterocycles. The van der Waals surface area contributed by atoms with Crippen LogP contribution in [0.15, 0.2) is 136 Å². The van der Waals surface area contributed by atoms with Crippen LogP contribution >= 0.6 is 23.2 Å². The molecule has 6 heterocycles. The molecule has 92 heavy (non-hydrogen) atoms. The molecule has 0 unspecified atom stereocenters. The lowest BCUT2D eigenvalue weighted by atomic mass is 10.1. The Morgan fingerprint density at radius 2 is 0.967 bits per heavy atom. The highest BCUT2D eigenvalue weighted by Crippen LogP contribution is 2.32. The number of urea groups is 1. The van der Waals surface area contributed by atoms with Crippen molar-refractivity contribution in [2.45, 2.75) is 65.3 Å². The summed E-state index contributed by atoms with van der Waals surface area (Å²) in [6.45, 7) is -6.01. The van der Waals surface area contributed by atoms with Crippen molar-refractivity contribution < 1.29 is 59.9 Å². The highest BCUT2D eigenvalue weighted by Gasteiger charge is 2.36. The Bertz CT molecular complexity index is 4520. The molecule has 2 fully saturated rings. The molecule has 29 heteroatoms. The van der Waals surface area contributed by atoms with E-state index in [1.165, 1.54) is 52.5 Å². The monoisotopic (exact) mass is 1320 g/mol. The van der Waals surface area contributed by atoms with Crippen LogP contribution in [-0.4, -0.2) is 120 Å². The Kier molecular flexibility index (Phi) is 20.3. The first-order chi connectivity index (χ1) is 44.2. The van der Waals surface area contributed by atoms with E-state index in [1.807, 2.05) is 17.0 Å². The zero-order chi connectivity index (χ0) is 65.7. The van der Waals surface area contributed by atoms with Crippen LogP contribution in [0.5, 0.6) is 17.2 Å². The van der Waals surface area contributed by atoms with E-state index in [9.17, 15) is 50.6 Å². The first kappa shape index (κ1) is 65.7. The van der Waals surface area contributed by atoms with Gasteiger partial charge in [0.25, 0.3) is 16.7 Å². The molecular weight excluding hydrogens is 1260 g/mol. The minimum Gasteiger partial charge on any atom is -0.434 e. The first-order valence-electron chi connectivity index (χ1n) is 28.4. The zero-order valence-electron chi connectivity index (χ0n) is 50.0. The number of piperazine rings is 1. The second kappa shape index (κ2) is 28.5. The Morgan fingerprint density at radius 1 is 0.554 bits per heavy atom. The maximum atomic E-state index is 13.2. The number of nitrogens with zero attached hydrogens (tertiary/aromatic N) is 10. The molecular formula is C63H61Cl2F6N11O10. The SMILES string of the molecule is COCc1cccc(OC(F)F)c1Cn1c2cc(-c3cnc(N4CCN5C(=O)NC[C@@H]5C4)nc3)ccc2c(=O)n1C.COCc1cccc(OC(F)F)c1Cn1c2cc(Cl)ccc2c(=O)n1C.Cn1c(=O)c2ccc(Cl)cc2n1Cc1c(CO)cccc1OC(F)F. The van der Waals surface area contributed by atoms with Crippen LogP contribution in [0.4, 0.5) is 37.1 Å². The third kappa shape index (κ3) is 14.0. The number of hydrogen-bond acceptors (Lipinski definition) is 13. The average Bonchev–Trinajstić information content (AvgIpc) is 1.65. The largest absolute Gasteiger partial charge is 0.434 e. The molecule has 484 valence electrons. The number of nitrogens with one attached hydrogen (secondary N) is 1. The molecule has 0 saturated carbocycles. The van der Waals surface area contributed by atoms with Crippen molar-refractivity contribution in [3.05, 3.63) is 196 Å². The molecule has 6 aromatic carbocycles. The molecule has 1 atom stereocenters. The van der Waals surface area contributed by atoms with Crippen molar-refractivity contribution in [3.8, 4) is 28.4 Å². The fourth-order valence-corrected chi connectivity index (χ4v) is 11.7. The summed E-state index contributed by atoms with van der Waals surface area (Å²) in [5.74, 6) is 0.623. The van der Waals surface area contributed by atoms with Gasteiger partial charge in [-0.05, 0) is 89.0 Å². The quantitative estimate of drug-likeness (QED) is 0.0724. The Morgan fingerprint density at radius 3 is 1.39 bits per heavy atom. The molecule has 0 spiro atoms. The van der Waals surface area contributed by atoms with E-state index in [4.69, 9.17) is 37.4 Å². The topological polar surface area (TPSA) is 209 Å². The van der Waals surface area contributed by atoms with Crippen LogP contribution in [0.2, 0.25) is 10.0 Å². The number of fused-ring (bicyclic) bond motifs is 4. The number of hydrogen-bond donors (Lipinski definition) is 2. The number of methoxy groups -OCH3 is 2. The predicted molar refractivity (Wildman–Crippen MR) is 333 cm³/mol. The maximum absolute atomic E-state index is 13.2. The van der Waals surface area contributed by atoms with Gasteiger partial charge in [0.2, 0.25) is 5.95 Å². The summed E-state index contributed by atoms with van der Waals surface area (Å²) in [4.78, 5) is 62.9. The number of ether oxygens (including phenoxy) is 5. The molecule has 21 nitrogen and oxygen atoms in total. The summed E-state index contributed by atoms with van der Waals surface area (Å²) in [7, 11) is 7.87. The minimum atomic E-state index is -2.99. The normalized spacial score (nSPS) is 13.9. The summed E-state index contributed by atoms with van der Waals surface area (Å²) in [6.07, 6.45) is 3.48. The number of benzene rings is 6. The van der Waals surface area contributed by atoms with E-state index in [2.05, 4.69) is 29.7 Å². The Balaban J connectivity index is 0.000000159. The standard InChI is InChI=1S/C28H29F2N7O4.C18H17ClF2N2O3.C17H15ClF2N2O3/c1-34-25(38)21-7-6-17(19-11-31-27(32-12-19)35-8-9-36-20(14-35)13-33-28(36)39)10-23(21)37(34)15-22-18(16-40-2)4-3-5-24(22)41-26(29)30;1-22-17(24)13-7-6-12(19)8-15(13)23(22)9-14-11(10-25-2)4-3-5-16(14)26-18(20)21;1-21-16(24)12-6-5-11(18)7-14(12)22(21)8-13-10(9-23)3-2-4-15(13)25-17(19)20/h3-7,10-12,20,26H,8-9,13-16H2,1-2H3,(H,33,39);3-8,18H,9-10H2,1-2H3;2-7,17,23H,8-9H2,1H3/t20-;;/m1../s1. The number of aromatic nitrogens is 8. The van der Waals surface area contributed by atoms with Gasteiger partial charge in [0.1, 0.15) is 17.2 Å². The molecule has 0 bridgehead atoms. The summed E-state index contributed by atoms with van der Waals surface area (Å²) in [6, 6.07) is 29.6. The van der Waals surface area contributed by atoms with Crippen LogP contribution in [0.1, 0.15) is 33.4 Å². The van der Waals surface area contributed by atoms with Crippen LogP contribution in [0.25, 0.3) is 43.8 Å². The number of rotatable bonds is 19. The van der Waals surface area contributed by atoms with Crippen molar-refractivity contribution >= 4 is 67.9 Å².